The van der Waals surface area contributed by atoms with Crippen LogP contribution in [0.5, 0.6) is 5.75 Å². The summed E-state index contributed by atoms with van der Waals surface area (Å²) in [6, 6.07) is 4.65. The van der Waals surface area contributed by atoms with Gasteiger partial charge in [-0.15, -0.1) is 0 Å². The van der Waals surface area contributed by atoms with Gasteiger partial charge in [-0.2, -0.15) is 0 Å². The van der Waals surface area contributed by atoms with Gasteiger partial charge in [-0.1, -0.05) is 0 Å². The maximum atomic E-state index is 11.0. The van der Waals surface area contributed by atoms with Gasteiger partial charge in [-0.3, -0.25) is 10.1 Å². The molecular formula is C13H16N4O3. The van der Waals surface area contributed by atoms with Crippen molar-refractivity contribution in [2.75, 3.05) is 12.4 Å². The van der Waals surface area contributed by atoms with Crippen LogP contribution in [0.4, 0.5) is 11.4 Å². The van der Waals surface area contributed by atoms with Gasteiger partial charge in [-0.25, -0.2) is 4.98 Å². The molecule has 0 bridgehead atoms. The molecule has 2 rings (SSSR count). The fourth-order valence-corrected chi connectivity index (χ4v) is 1.94. The van der Waals surface area contributed by atoms with Crippen LogP contribution in [0.3, 0.4) is 0 Å². The van der Waals surface area contributed by atoms with Crippen LogP contribution in [0.15, 0.2) is 36.9 Å². The van der Waals surface area contributed by atoms with E-state index in [1.807, 2.05) is 17.7 Å². The second-order valence-corrected chi connectivity index (χ2v) is 4.45. The Kier molecular flexibility index (Phi) is 4.19. The summed E-state index contributed by atoms with van der Waals surface area (Å²) in [6.07, 6.45) is 5.25. The SMILES string of the molecule is COc1ccc([N+](=O)[O-])c(NC(C)Cn2ccnc2)c1. The minimum Gasteiger partial charge on any atom is -0.497 e. The fraction of sp³-hybridized carbons (Fsp3) is 0.308. The Morgan fingerprint density at radius 3 is 2.95 bits per heavy atom. The molecule has 1 aromatic heterocycles. The van der Waals surface area contributed by atoms with Gasteiger partial charge in [0.25, 0.3) is 5.69 Å². The Morgan fingerprint density at radius 1 is 1.55 bits per heavy atom. The van der Waals surface area contributed by atoms with Crippen LogP contribution in [-0.2, 0) is 6.54 Å². The highest BCUT2D eigenvalue weighted by Crippen LogP contribution is 2.29. The molecular weight excluding hydrogens is 260 g/mol. The maximum absolute atomic E-state index is 11.0. The number of hydrogen-bond acceptors (Lipinski definition) is 5. The van der Waals surface area contributed by atoms with E-state index in [2.05, 4.69) is 10.3 Å². The lowest BCUT2D eigenvalue weighted by molar-refractivity contribution is -0.384. The third kappa shape index (κ3) is 3.25. The van der Waals surface area contributed by atoms with Crippen molar-refractivity contribution in [2.24, 2.45) is 0 Å². The Hall–Kier alpha value is -2.57. The molecule has 1 atom stereocenters. The quantitative estimate of drug-likeness (QED) is 0.646. The highest BCUT2D eigenvalue weighted by atomic mass is 16.6. The molecule has 7 heteroatoms. The van der Waals surface area contributed by atoms with Crippen LogP contribution in [-0.4, -0.2) is 27.6 Å². The summed E-state index contributed by atoms with van der Waals surface area (Å²) in [5.74, 6) is 0.577. The molecule has 1 aromatic carbocycles. The van der Waals surface area contributed by atoms with Gasteiger partial charge >= 0.3 is 0 Å². The third-order valence-electron chi connectivity index (χ3n) is 2.85. The summed E-state index contributed by atoms with van der Waals surface area (Å²) in [6.45, 7) is 2.61. The van der Waals surface area contributed by atoms with Gasteiger partial charge in [-0.05, 0) is 13.0 Å². The average molecular weight is 276 g/mol. The number of imidazole rings is 1. The van der Waals surface area contributed by atoms with Crippen molar-refractivity contribution in [1.29, 1.82) is 0 Å². The first-order valence-corrected chi connectivity index (χ1v) is 6.15. The third-order valence-corrected chi connectivity index (χ3v) is 2.85. The molecule has 0 aliphatic heterocycles. The van der Waals surface area contributed by atoms with Crippen LogP contribution in [0, 0.1) is 10.1 Å². The number of hydrogen-bond donors (Lipinski definition) is 1. The first-order chi connectivity index (χ1) is 9.60. The smallest absolute Gasteiger partial charge is 0.292 e. The van der Waals surface area contributed by atoms with Crippen molar-refractivity contribution in [3.05, 3.63) is 47.0 Å². The number of rotatable bonds is 6. The van der Waals surface area contributed by atoms with Crippen LogP contribution in [0.2, 0.25) is 0 Å². The first-order valence-electron chi connectivity index (χ1n) is 6.15. The number of nitrogens with zero attached hydrogens (tertiary/aromatic N) is 3. The number of ether oxygens (including phenoxy) is 1. The van der Waals surface area contributed by atoms with Crippen molar-refractivity contribution in [1.82, 2.24) is 9.55 Å². The van der Waals surface area contributed by atoms with Gasteiger partial charge in [0.1, 0.15) is 11.4 Å². The molecule has 0 spiro atoms. The zero-order chi connectivity index (χ0) is 14.5. The van der Waals surface area contributed by atoms with Crippen molar-refractivity contribution in [2.45, 2.75) is 19.5 Å². The van der Waals surface area contributed by atoms with Crippen molar-refractivity contribution >= 4 is 11.4 Å². The van der Waals surface area contributed by atoms with Crippen molar-refractivity contribution < 1.29 is 9.66 Å². The minimum absolute atomic E-state index is 0.00926. The molecule has 1 unspecified atom stereocenters. The Morgan fingerprint density at radius 2 is 2.35 bits per heavy atom. The van der Waals surface area contributed by atoms with Crippen LogP contribution < -0.4 is 10.1 Å². The summed E-state index contributed by atoms with van der Waals surface area (Å²) < 4.78 is 7.01. The molecule has 106 valence electrons. The normalized spacial score (nSPS) is 11.9. The fourth-order valence-electron chi connectivity index (χ4n) is 1.94. The number of aromatic nitrogens is 2. The van der Waals surface area contributed by atoms with E-state index in [1.165, 1.54) is 13.2 Å². The van der Waals surface area contributed by atoms with Crippen molar-refractivity contribution in [3.8, 4) is 5.75 Å². The maximum Gasteiger partial charge on any atom is 0.292 e. The predicted octanol–water partition coefficient (Wildman–Crippen LogP) is 2.30. The molecule has 0 radical (unpaired) electrons. The molecule has 20 heavy (non-hydrogen) atoms. The second-order valence-electron chi connectivity index (χ2n) is 4.45. The van der Waals surface area contributed by atoms with Crippen LogP contribution in [0.25, 0.3) is 0 Å². The number of nitro benzene ring substituents is 1. The van der Waals surface area contributed by atoms with E-state index in [0.29, 0.717) is 18.0 Å². The lowest BCUT2D eigenvalue weighted by atomic mass is 10.2. The first kappa shape index (κ1) is 13.9. The molecule has 1 N–H and O–H groups in total. The van der Waals surface area contributed by atoms with E-state index in [-0.39, 0.29) is 11.7 Å². The van der Waals surface area contributed by atoms with Gasteiger partial charge in [0.05, 0.1) is 18.4 Å². The Bertz CT molecular complexity index is 583. The Labute approximate surface area is 116 Å². The van der Waals surface area contributed by atoms with E-state index in [0.717, 1.165) is 0 Å². The second kappa shape index (κ2) is 6.05. The monoisotopic (exact) mass is 276 g/mol. The van der Waals surface area contributed by atoms with E-state index < -0.39 is 4.92 Å². The zero-order valence-electron chi connectivity index (χ0n) is 11.3. The zero-order valence-corrected chi connectivity index (χ0v) is 11.3. The van der Waals surface area contributed by atoms with Gasteiger partial charge < -0.3 is 14.6 Å². The molecule has 0 amide bonds. The molecule has 7 nitrogen and oxygen atoms in total. The summed E-state index contributed by atoms with van der Waals surface area (Å²) in [5, 5.41) is 14.2. The highest BCUT2D eigenvalue weighted by Gasteiger charge is 2.16. The average Bonchev–Trinajstić information content (AvgIpc) is 2.90. The summed E-state index contributed by atoms with van der Waals surface area (Å²) in [7, 11) is 1.53. The highest BCUT2D eigenvalue weighted by molar-refractivity contribution is 5.64. The lowest BCUT2D eigenvalue weighted by Crippen LogP contribution is -2.21. The van der Waals surface area contributed by atoms with E-state index in [9.17, 15) is 10.1 Å². The topological polar surface area (TPSA) is 82.2 Å². The van der Waals surface area contributed by atoms with Gasteiger partial charge in [0.15, 0.2) is 0 Å². The van der Waals surface area contributed by atoms with E-state index >= 15 is 0 Å². The lowest BCUT2D eigenvalue weighted by Gasteiger charge is -2.16. The van der Waals surface area contributed by atoms with Crippen molar-refractivity contribution in [3.63, 3.8) is 0 Å². The molecule has 2 aromatic rings. The largest absolute Gasteiger partial charge is 0.497 e. The number of nitrogens with one attached hydrogen (secondary N) is 1. The molecule has 0 aliphatic carbocycles. The summed E-state index contributed by atoms with van der Waals surface area (Å²) in [5.41, 5.74) is 0.477. The Balaban J connectivity index is 2.16. The molecule has 1 heterocycles. The molecule has 0 fully saturated rings. The standard InChI is InChI=1S/C13H16N4O3/c1-10(8-16-6-5-14-9-16)15-12-7-11(20-2)3-4-13(12)17(18)19/h3-7,9-10,15H,8H2,1-2H3. The number of anilines is 1. The molecule has 0 saturated carbocycles. The van der Waals surface area contributed by atoms with Gasteiger partial charge in [0.2, 0.25) is 0 Å². The van der Waals surface area contributed by atoms with Crippen LogP contribution in [0.1, 0.15) is 6.92 Å². The van der Waals surface area contributed by atoms with Crippen LogP contribution >= 0.6 is 0 Å². The number of methoxy groups -OCH3 is 1. The van der Waals surface area contributed by atoms with Gasteiger partial charge in [0, 0.05) is 37.1 Å². The molecule has 0 aliphatic rings. The summed E-state index contributed by atoms with van der Waals surface area (Å²) in [4.78, 5) is 14.6. The van der Waals surface area contributed by atoms with E-state index in [4.69, 9.17) is 4.74 Å². The minimum atomic E-state index is -0.411. The van der Waals surface area contributed by atoms with E-state index in [1.54, 1.807) is 24.7 Å². The number of benzene rings is 1. The number of nitro groups is 1. The summed E-state index contributed by atoms with van der Waals surface area (Å²) >= 11 is 0. The molecule has 0 saturated heterocycles. The predicted molar refractivity (Wildman–Crippen MR) is 75.0 cm³/mol.